The molecule has 6 nitrogen and oxygen atoms in total. The second-order valence-electron chi connectivity index (χ2n) is 8.37. The van der Waals surface area contributed by atoms with Crippen molar-refractivity contribution in [1.82, 2.24) is 19.2 Å². The zero-order valence-electron chi connectivity index (χ0n) is 18.6. The summed E-state index contributed by atoms with van der Waals surface area (Å²) in [5.74, 6) is 1.64. The SMILES string of the molecule is Cc1ccc(OCC(=O)N2Cc3nn(-c4ccc(C)c(C)c4)c(-n4cccc4)c3C2)cc1. The first kappa shape index (κ1) is 20.1. The highest BCUT2D eigenvalue weighted by Gasteiger charge is 2.31. The average Bonchev–Trinajstić information content (AvgIpc) is 3.51. The van der Waals surface area contributed by atoms with Gasteiger partial charge in [0.25, 0.3) is 5.91 Å². The molecule has 0 fully saturated rings. The van der Waals surface area contributed by atoms with Gasteiger partial charge in [0.2, 0.25) is 0 Å². The quantitative estimate of drug-likeness (QED) is 0.472. The Balaban J connectivity index is 1.40. The summed E-state index contributed by atoms with van der Waals surface area (Å²) in [6.45, 7) is 7.26. The van der Waals surface area contributed by atoms with E-state index in [4.69, 9.17) is 9.84 Å². The van der Waals surface area contributed by atoms with E-state index in [-0.39, 0.29) is 12.5 Å². The predicted molar refractivity (Wildman–Crippen MR) is 123 cm³/mol. The number of fused-ring (bicyclic) bond motifs is 1. The molecule has 0 saturated carbocycles. The molecule has 2 aromatic heterocycles. The normalized spacial score (nSPS) is 12.8. The van der Waals surface area contributed by atoms with Gasteiger partial charge in [0, 0.05) is 18.0 Å². The molecule has 0 spiro atoms. The second-order valence-corrected chi connectivity index (χ2v) is 8.37. The molecule has 0 saturated heterocycles. The monoisotopic (exact) mass is 426 g/mol. The van der Waals surface area contributed by atoms with Crippen molar-refractivity contribution in [3.8, 4) is 17.3 Å². The third-order valence-electron chi connectivity index (χ3n) is 6.05. The van der Waals surface area contributed by atoms with Crippen molar-refractivity contribution >= 4 is 5.91 Å². The topological polar surface area (TPSA) is 52.3 Å². The number of nitrogens with zero attached hydrogens (tertiary/aromatic N) is 4. The lowest BCUT2D eigenvalue weighted by Crippen LogP contribution is -2.31. The van der Waals surface area contributed by atoms with E-state index in [1.54, 1.807) is 0 Å². The van der Waals surface area contributed by atoms with Crippen LogP contribution in [0.4, 0.5) is 0 Å². The summed E-state index contributed by atoms with van der Waals surface area (Å²) in [6, 6.07) is 18.1. The number of aryl methyl sites for hydroxylation is 3. The number of ether oxygens (including phenoxy) is 1. The van der Waals surface area contributed by atoms with E-state index in [1.807, 2.05) is 65.3 Å². The molecule has 0 bridgehead atoms. The Kier molecular flexibility index (Phi) is 5.05. The second kappa shape index (κ2) is 8.04. The largest absolute Gasteiger partial charge is 0.484 e. The van der Waals surface area contributed by atoms with Crippen LogP contribution in [0.5, 0.6) is 5.75 Å². The van der Waals surface area contributed by atoms with E-state index in [0.29, 0.717) is 18.8 Å². The molecule has 4 aromatic rings. The maximum absolute atomic E-state index is 12.8. The van der Waals surface area contributed by atoms with Crippen LogP contribution in [0.3, 0.4) is 0 Å². The Morgan fingerprint density at radius 2 is 1.72 bits per heavy atom. The van der Waals surface area contributed by atoms with Gasteiger partial charge in [-0.25, -0.2) is 4.68 Å². The number of hydrogen-bond donors (Lipinski definition) is 0. The molecule has 1 aliphatic rings. The Labute approximate surface area is 187 Å². The van der Waals surface area contributed by atoms with Crippen molar-refractivity contribution < 1.29 is 9.53 Å². The number of aromatic nitrogens is 3. The molecule has 0 unspecified atom stereocenters. The standard InChI is InChI=1S/C26H26N4O2/c1-18-6-10-22(11-7-18)32-17-25(31)29-15-23-24(16-29)27-30(26(23)28-12-4-5-13-28)21-9-8-19(2)20(3)14-21/h4-14H,15-17H2,1-3H3. The van der Waals surface area contributed by atoms with Crippen LogP contribution in [0.15, 0.2) is 67.0 Å². The van der Waals surface area contributed by atoms with Gasteiger partial charge >= 0.3 is 0 Å². The number of rotatable bonds is 5. The Morgan fingerprint density at radius 1 is 0.969 bits per heavy atom. The summed E-state index contributed by atoms with van der Waals surface area (Å²) in [6.07, 6.45) is 4.03. The summed E-state index contributed by atoms with van der Waals surface area (Å²) < 4.78 is 9.76. The molecule has 5 rings (SSSR count). The number of benzene rings is 2. The van der Waals surface area contributed by atoms with Crippen LogP contribution < -0.4 is 4.74 Å². The van der Waals surface area contributed by atoms with Crippen LogP contribution in [0.25, 0.3) is 11.5 Å². The molecule has 6 heteroatoms. The minimum Gasteiger partial charge on any atom is -0.484 e. The van der Waals surface area contributed by atoms with Crippen LogP contribution in [0.1, 0.15) is 27.9 Å². The van der Waals surface area contributed by atoms with Gasteiger partial charge < -0.3 is 14.2 Å². The van der Waals surface area contributed by atoms with E-state index in [9.17, 15) is 4.79 Å². The van der Waals surface area contributed by atoms with Gasteiger partial charge in [-0.15, -0.1) is 0 Å². The third kappa shape index (κ3) is 3.68. The molecule has 0 atom stereocenters. The fraction of sp³-hybridized carbons (Fsp3) is 0.231. The Hall–Kier alpha value is -3.80. The molecule has 0 N–H and O–H groups in total. The maximum atomic E-state index is 12.8. The zero-order valence-corrected chi connectivity index (χ0v) is 18.6. The summed E-state index contributed by atoms with van der Waals surface area (Å²) in [5.41, 5.74) is 6.65. The minimum atomic E-state index is -0.0419. The van der Waals surface area contributed by atoms with Crippen LogP contribution in [0.2, 0.25) is 0 Å². The van der Waals surface area contributed by atoms with Crippen LogP contribution in [-0.2, 0) is 17.9 Å². The molecule has 1 amide bonds. The summed E-state index contributed by atoms with van der Waals surface area (Å²) in [7, 11) is 0. The van der Waals surface area contributed by atoms with Crippen molar-refractivity contribution in [3.63, 3.8) is 0 Å². The highest BCUT2D eigenvalue weighted by Crippen LogP contribution is 2.31. The fourth-order valence-electron chi connectivity index (χ4n) is 4.03. The molecular weight excluding hydrogens is 400 g/mol. The van der Waals surface area contributed by atoms with E-state index < -0.39 is 0 Å². The van der Waals surface area contributed by atoms with Crippen LogP contribution >= 0.6 is 0 Å². The molecular formula is C26H26N4O2. The minimum absolute atomic E-state index is 0.0172. The lowest BCUT2D eigenvalue weighted by Gasteiger charge is -2.18. The molecule has 0 radical (unpaired) electrons. The molecule has 32 heavy (non-hydrogen) atoms. The first-order valence-electron chi connectivity index (χ1n) is 10.8. The predicted octanol–water partition coefficient (Wildman–Crippen LogP) is 4.51. The van der Waals surface area contributed by atoms with Crippen molar-refractivity contribution in [3.05, 3.63) is 94.9 Å². The van der Waals surface area contributed by atoms with Crippen molar-refractivity contribution in [1.29, 1.82) is 0 Å². The van der Waals surface area contributed by atoms with E-state index in [0.717, 1.165) is 28.3 Å². The lowest BCUT2D eigenvalue weighted by atomic mass is 10.1. The summed E-state index contributed by atoms with van der Waals surface area (Å²) in [4.78, 5) is 14.7. The number of carbonyl (C=O) groups excluding carboxylic acids is 1. The number of carbonyl (C=O) groups is 1. The lowest BCUT2D eigenvalue weighted by molar-refractivity contribution is -0.134. The van der Waals surface area contributed by atoms with Gasteiger partial charge in [0.05, 0.1) is 24.5 Å². The molecule has 0 aliphatic carbocycles. The number of hydrogen-bond acceptors (Lipinski definition) is 3. The third-order valence-corrected chi connectivity index (χ3v) is 6.05. The smallest absolute Gasteiger partial charge is 0.261 e. The Bertz CT molecular complexity index is 1270. The van der Waals surface area contributed by atoms with Crippen LogP contribution in [-0.4, -0.2) is 31.8 Å². The fourth-order valence-corrected chi connectivity index (χ4v) is 4.03. The van der Waals surface area contributed by atoms with Gasteiger partial charge in [0.15, 0.2) is 6.61 Å². The van der Waals surface area contributed by atoms with Crippen molar-refractivity contribution in [2.45, 2.75) is 33.9 Å². The van der Waals surface area contributed by atoms with E-state index in [1.165, 1.54) is 11.1 Å². The van der Waals surface area contributed by atoms with Gasteiger partial charge in [0.1, 0.15) is 11.6 Å². The van der Waals surface area contributed by atoms with Gasteiger partial charge in [-0.05, 0) is 68.3 Å². The van der Waals surface area contributed by atoms with Crippen molar-refractivity contribution in [2.24, 2.45) is 0 Å². The summed E-state index contributed by atoms with van der Waals surface area (Å²) >= 11 is 0. The van der Waals surface area contributed by atoms with E-state index in [2.05, 4.69) is 36.6 Å². The van der Waals surface area contributed by atoms with Gasteiger partial charge in [-0.3, -0.25) is 4.79 Å². The zero-order chi connectivity index (χ0) is 22.2. The molecule has 162 valence electrons. The highest BCUT2D eigenvalue weighted by molar-refractivity contribution is 5.78. The first-order valence-corrected chi connectivity index (χ1v) is 10.8. The van der Waals surface area contributed by atoms with Gasteiger partial charge in [-0.2, -0.15) is 5.10 Å². The molecule has 3 heterocycles. The highest BCUT2D eigenvalue weighted by atomic mass is 16.5. The van der Waals surface area contributed by atoms with E-state index >= 15 is 0 Å². The van der Waals surface area contributed by atoms with Crippen molar-refractivity contribution in [2.75, 3.05) is 6.61 Å². The van der Waals surface area contributed by atoms with Crippen LogP contribution in [0, 0.1) is 20.8 Å². The summed E-state index contributed by atoms with van der Waals surface area (Å²) in [5, 5.41) is 4.91. The number of amides is 1. The van der Waals surface area contributed by atoms with Gasteiger partial charge in [-0.1, -0.05) is 23.8 Å². The maximum Gasteiger partial charge on any atom is 0.261 e. The first-order chi connectivity index (χ1) is 15.5. The molecule has 2 aromatic carbocycles. The average molecular weight is 427 g/mol. The Morgan fingerprint density at radius 3 is 2.44 bits per heavy atom. The molecule has 1 aliphatic heterocycles.